The molecule has 0 radical (unpaired) electrons. The number of halogens is 4. The molecule has 0 N–H and O–H groups in total. The Balaban J connectivity index is 1.93. The van der Waals surface area contributed by atoms with Crippen LogP contribution in [-0.2, 0) is 9.53 Å². The highest BCUT2D eigenvalue weighted by molar-refractivity contribution is 14.1. The van der Waals surface area contributed by atoms with E-state index in [1.54, 1.807) is 12.1 Å². The molecular formula is C20H13Br2ClINO3. The van der Waals surface area contributed by atoms with Crippen molar-refractivity contribution in [2.24, 2.45) is 4.99 Å². The maximum absolute atomic E-state index is 12.3. The van der Waals surface area contributed by atoms with Crippen molar-refractivity contribution in [2.45, 2.75) is 6.92 Å². The summed E-state index contributed by atoms with van der Waals surface area (Å²) < 4.78 is 13.5. The summed E-state index contributed by atoms with van der Waals surface area (Å²) >= 11 is 15.4. The molecule has 4 nitrogen and oxygen atoms in total. The largest absolute Gasteiger partial charge is 0.487 e. The van der Waals surface area contributed by atoms with Crippen LogP contribution in [0.1, 0.15) is 18.1 Å². The van der Waals surface area contributed by atoms with E-state index in [2.05, 4.69) is 66.0 Å². The molecular weight excluding hydrogens is 624 g/mol. The van der Waals surface area contributed by atoms with E-state index in [4.69, 9.17) is 21.1 Å². The Bertz CT molecular complexity index is 1030. The van der Waals surface area contributed by atoms with E-state index in [0.717, 1.165) is 23.7 Å². The first-order chi connectivity index (χ1) is 13.2. The maximum Gasteiger partial charge on any atom is 0.363 e. The van der Waals surface area contributed by atoms with E-state index in [9.17, 15) is 4.79 Å². The van der Waals surface area contributed by atoms with Crippen LogP contribution in [0.15, 0.2) is 62.1 Å². The Morgan fingerprint density at radius 2 is 2.00 bits per heavy atom. The van der Waals surface area contributed by atoms with Gasteiger partial charge in [0.15, 0.2) is 5.70 Å². The van der Waals surface area contributed by atoms with Crippen molar-refractivity contribution >= 4 is 84.0 Å². The van der Waals surface area contributed by atoms with Crippen LogP contribution in [0.3, 0.4) is 0 Å². The fourth-order valence-corrected chi connectivity index (χ4v) is 4.48. The summed E-state index contributed by atoms with van der Waals surface area (Å²) in [5.74, 6) is 0.327. The first kappa shape index (κ1) is 21.5. The smallest absolute Gasteiger partial charge is 0.363 e. The van der Waals surface area contributed by atoms with Crippen LogP contribution < -0.4 is 4.74 Å². The fraction of sp³-hybridized carbons (Fsp3) is 0.100. The molecule has 2 aromatic carbocycles. The molecule has 2 aromatic rings. The van der Waals surface area contributed by atoms with Crippen molar-refractivity contribution in [1.29, 1.82) is 0 Å². The molecule has 0 aromatic heterocycles. The molecule has 0 atom stereocenters. The highest BCUT2D eigenvalue weighted by atomic mass is 127. The number of hydrogen-bond donors (Lipinski definition) is 0. The molecule has 8 heteroatoms. The van der Waals surface area contributed by atoms with Gasteiger partial charge in [0.2, 0.25) is 5.90 Å². The van der Waals surface area contributed by atoms with E-state index in [0.29, 0.717) is 22.9 Å². The average Bonchev–Trinajstić information content (AvgIpc) is 2.96. The van der Waals surface area contributed by atoms with Crippen molar-refractivity contribution < 1.29 is 14.3 Å². The van der Waals surface area contributed by atoms with Crippen LogP contribution in [0.25, 0.3) is 6.08 Å². The number of hydrogen-bond acceptors (Lipinski definition) is 4. The van der Waals surface area contributed by atoms with Gasteiger partial charge in [0.25, 0.3) is 0 Å². The lowest BCUT2D eigenvalue weighted by atomic mass is 10.2. The lowest BCUT2D eigenvalue weighted by molar-refractivity contribution is -0.129. The van der Waals surface area contributed by atoms with Crippen molar-refractivity contribution in [1.82, 2.24) is 0 Å². The van der Waals surface area contributed by atoms with Crippen LogP contribution in [0.4, 0.5) is 0 Å². The molecule has 0 saturated heterocycles. The Kier molecular flexibility index (Phi) is 7.01. The van der Waals surface area contributed by atoms with Gasteiger partial charge in [-0.3, -0.25) is 0 Å². The van der Waals surface area contributed by atoms with E-state index in [1.165, 1.54) is 0 Å². The first-order valence-electron chi connectivity index (χ1n) is 7.99. The lowest BCUT2D eigenvalue weighted by Crippen LogP contribution is -2.06. The number of carbonyl (C=O) groups excluding carboxylic acids is 1. The Morgan fingerprint density at radius 1 is 1.32 bits per heavy atom. The molecule has 0 saturated carbocycles. The number of carbonyl (C=O) groups is 1. The minimum atomic E-state index is -0.528. The van der Waals surface area contributed by atoms with Crippen molar-refractivity contribution in [3.63, 3.8) is 0 Å². The summed E-state index contributed by atoms with van der Waals surface area (Å²) in [4.78, 5) is 16.6. The second kappa shape index (κ2) is 9.11. The molecule has 1 aliphatic rings. The molecule has 0 bridgehead atoms. The summed E-state index contributed by atoms with van der Waals surface area (Å²) in [5, 5.41) is 0.470. The highest BCUT2D eigenvalue weighted by Gasteiger charge is 2.26. The third-order valence-electron chi connectivity index (χ3n) is 3.57. The lowest BCUT2D eigenvalue weighted by Gasteiger charge is -2.11. The summed E-state index contributed by atoms with van der Waals surface area (Å²) in [7, 11) is 0. The molecule has 0 fully saturated rings. The van der Waals surface area contributed by atoms with Crippen LogP contribution in [0, 0.1) is 3.57 Å². The normalized spacial score (nSPS) is 14.8. The monoisotopic (exact) mass is 635 g/mol. The topological polar surface area (TPSA) is 47.9 Å². The fourth-order valence-electron chi connectivity index (χ4n) is 2.34. The van der Waals surface area contributed by atoms with E-state index in [-0.39, 0.29) is 11.6 Å². The van der Waals surface area contributed by atoms with Gasteiger partial charge in [-0.15, -0.1) is 0 Å². The van der Waals surface area contributed by atoms with Gasteiger partial charge in [-0.05, 0) is 109 Å². The average molecular weight is 637 g/mol. The number of ether oxygens (including phenoxy) is 2. The quantitative estimate of drug-likeness (QED) is 0.158. The Labute approximate surface area is 198 Å². The maximum atomic E-state index is 12.3. The third-order valence-corrected chi connectivity index (χ3v) is 5.74. The number of rotatable bonds is 5. The number of cyclic esters (lactones) is 1. The van der Waals surface area contributed by atoms with Crippen LogP contribution in [0.2, 0.25) is 5.02 Å². The van der Waals surface area contributed by atoms with Gasteiger partial charge in [0, 0.05) is 3.57 Å². The van der Waals surface area contributed by atoms with E-state index < -0.39 is 5.97 Å². The van der Waals surface area contributed by atoms with Crippen molar-refractivity contribution in [2.75, 3.05) is 6.61 Å². The summed E-state index contributed by atoms with van der Waals surface area (Å²) in [5.41, 5.74) is 2.44. The number of nitrogens with zero attached hydrogens (tertiary/aromatic N) is 1. The van der Waals surface area contributed by atoms with Crippen LogP contribution >= 0.6 is 66.1 Å². The molecule has 3 rings (SSSR count). The predicted octanol–water partition coefficient (Wildman–Crippen LogP) is 6.77. The van der Waals surface area contributed by atoms with E-state index in [1.807, 2.05) is 31.2 Å². The van der Waals surface area contributed by atoms with Gasteiger partial charge in [-0.1, -0.05) is 18.2 Å². The molecule has 1 heterocycles. The van der Waals surface area contributed by atoms with Crippen molar-refractivity contribution in [3.05, 3.63) is 76.8 Å². The highest BCUT2D eigenvalue weighted by Crippen LogP contribution is 2.36. The zero-order valence-corrected chi connectivity index (χ0v) is 20.6. The van der Waals surface area contributed by atoms with Gasteiger partial charge in [0.05, 0.1) is 19.5 Å². The SMILES string of the molecule is C=C(C)COc1c(Br)cc(/C=C2\N=C(c3cc(I)ccc3Cl)OC2=O)cc1Br. The molecule has 0 amide bonds. The summed E-state index contributed by atoms with van der Waals surface area (Å²) in [6.45, 7) is 6.13. The van der Waals surface area contributed by atoms with Gasteiger partial charge in [0.1, 0.15) is 12.4 Å². The zero-order chi connectivity index (χ0) is 20.4. The molecule has 28 heavy (non-hydrogen) atoms. The number of esters is 1. The van der Waals surface area contributed by atoms with Gasteiger partial charge in [-0.25, -0.2) is 9.79 Å². The van der Waals surface area contributed by atoms with Crippen LogP contribution in [-0.4, -0.2) is 18.5 Å². The Hall–Kier alpha value is -1.16. The van der Waals surface area contributed by atoms with Gasteiger partial charge < -0.3 is 9.47 Å². The van der Waals surface area contributed by atoms with Crippen LogP contribution in [0.5, 0.6) is 5.75 Å². The standard InChI is InChI=1S/C20H13Br2ClINO3/c1-10(2)9-27-18-14(21)5-11(6-15(18)22)7-17-20(26)28-19(25-17)13-8-12(24)3-4-16(13)23/h3-8H,1,9H2,2H3/b17-7-. The predicted molar refractivity (Wildman–Crippen MR) is 127 cm³/mol. The summed E-state index contributed by atoms with van der Waals surface area (Å²) in [6, 6.07) is 9.11. The second-order valence-corrected chi connectivity index (χ2v) is 9.38. The Morgan fingerprint density at radius 3 is 2.64 bits per heavy atom. The van der Waals surface area contributed by atoms with Gasteiger partial charge >= 0.3 is 5.97 Å². The second-order valence-electron chi connectivity index (χ2n) is 6.02. The zero-order valence-electron chi connectivity index (χ0n) is 14.6. The molecule has 1 aliphatic heterocycles. The molecule has 0 aliphatic carbocycles. The molecule has 0 spiro atoms. The van der Waals surface area contributed by atoms with Gasteiger partial charge in [-0.2, -0.15) is 0 Å². The number of benzene rings is 2. The summed E-state index contributed by atoms with van der Waals surface area (Å²) in [6.07, 6.45) is 1.65. The minimum absolute atomic E-state index is 0.194. The minimum Gasteiger partial charge on any atom is -0.487 e. The van der Waals surface area contributed by atoms with E-state index >= 15 is 0 Å². The molecule has 0 unspecified atom stereocenters. The van der Waals surface area contributed by atoms with Crippen molar-refractivity contribution in [3.8, 4) is 5.75 Å². The molecule has 144 valence electrons. The number of aliphatic imine (C=N–C) groups is 1. The third kappa shape index (κ3) is 5.06. The first-order valence-corrected chi connectivity index (χ1v) is 11.0.